The summed E-state index contributed by atoms with van der Waals surface area (Å²) in [6.45, 7) is 0. The maximum Gasteiger partial charge on any atom is 0.0450 e. The summed E-state index contributed by atoms with van der Waals surface area (Å²) >= 11 is 0. The molecule has 5 rings (SSSR count). The highest BCUT2D eigenvalue weighted by molar-refractivity contribution is 6.28. The Balaban J connectivity index is 2.19. The van der Waals surface area contributed by atoms with Gasteiger partial charge in [-0.05, 0) is 45.8 Å². The summed E-state index contributed by atoms with van der Waals surface area (Å²) in [6, 6.07) is 21.8. The number of nitrogen functional groups attached to an aromatic ring is 1. The van der Waals surface area contributed by atoms with Gasteiger partial charge in [-0.15, -0.1) is 0 Å². The molecule has 2 N–H and O–H groups in total. The molecule has 3 nitrogen and oxygen atoms in total. The number of nitrogens with two attached hydrogens (primary N) is 1. The molecule has 0 unspecified atom stereocenters. The first-order valence-electron chi connectivity index (χ1n) is 7.56. The summed E-state index contributed by atoms with van der Waals surface area (Å²) < 4.78 is 1.03. The molecule has 0 fully saturated rings. The van der Waals surface area contributed by atoms with Crippen LogP contribution in [0.15, 0.2) is 66.7 Å². The zero-order valence-corrected chi connectivity index (χ0v) is 12.3. The molecule has 0 aliphatic carbocycles. The van der Waals surface area contributed by atoms with Gasteiger partial charge < -0.3 is 15.7 Å². The number of fused-ring (bicyclic) bond motifs is 7. The molecule has 5 aromatic rings. The van der Waals surface area contributed by atoms with Crippen LogP contribution in [0, 0.1) is 5.21 Å². The zero-order chi connectivity index (χ0) is 15.6. The Morgan fingerprint density at radius 2 is 1.30 bits per heavy atom. The average Bonchev–Trinajstić information content (AvgIpc) is 2.88. The Bertz CT molecular complexity index is 1230. The van der Waals surface area contributed by atoms with E-state index in [0.29, 0.717) is 16.7 Å². The van der Waals surface area contributed by atoms with E-state index in [4.69, 9.17) is 5.73 Å². The van der Waals surface area contributed by atoms with E-state index >= 15 is 0 Å². The summed E-state index contributed by atoms with van der Waals surface area (Å²) in [5.41, 5.74) is 8.09. The first-order chi connectivity index (χ1) is 11.2. The van der Waals surface area contributed by atoms with Crippen molar-refractivity contribution in [2.45, 2.75) is 0 Å². The van der Waals surface area contributed by atoms with Crippen molar-refractivity contribution < 1.29 is 0 Å². The molecular weight excluding hydrogens is 284 g/mol. The number of hydrogen-bond acceptors (Lipinski definition) is 2. The van der Waals surface area contributed by atoms with E-state index in [1.807, 2.05) is 54.6 Å². The van der Waals surface area contributed by atoms with E-state index in [1.54, 1.807) is 0 Å². The Hall–Kier alpha value is -3.20. The third-order valence-corrected chi connectivity index (χ3v) is 4.62. The lowest BCUT2D eigenvalue weighted by Crippen LogP contribution is -1.86. The van der Waals surface area contributed by atoms with Crippen molar-refractivity contribution in [1.29, 1.82) is 0 Å². The Kier molecular flexibility index (Phi) is 2.24. The van der Waals surface area contributed by atoms with E-state index < -0.39 is 0 Å². The molecular formula is C20H13N2O-. The second-order valence-corrected chi connectivity index (χ2v) is 5.92. The van der Waals surface area contributed by atoms with Crippen molar-refractivity contribution in [3.63, 3.8) is 0 Å². The molecule has 0 saturated carbocycles. The van der Waals surface area contributed by atoms with Crippen LogP contribution in [0.2, 0.25) is 0 Å². The molecule has 3 heteroatoms. The van der Waals surface area contributed by atoms with E-state index in [1.165, 1.54) is 0 Å². The first kappa shape index (κ1) is 12.4. The summed E-state index contributed by atoms with van der Waals surface area (Å²) in [4.78, 5) is 0. The van der Waals surface area contributed by atoms with Gasteiger partial charge in [0.05, 0.1) is 0 Å². The average molecular weight is 297 g/mol. The van der Waals surface area contributed by atoms with E-state index in [9.17, 15) is 5.21 Å². The molecule has 1 heterocycles. The van der Waals surface area contributed by atoms with Crippen LogP contribution >= 0.6 is 0 Å². The third-order valence-electron chi connectivity index (χ3n) is 4.62. The molecule has 0 aliphatic rings. The van der Waals surface area contributed by atoms with Crippen molar-refractivity contribution in [2.24, 2.45) is 0 Å². The molecule has 0 atom stereocenters. The number of anilines is 1. The Morgan fingerprint density at radius 1 is 0.696 bits per heavy atom. The second-order valence-electron chi connectivity index (χ2n) is 5.92. The van der Waals surface area contributed by atoms with Gasteiger partial charge in [-0.1, -0.05) is 42.5 Å². The normalized spacial score (nSPS) is 11.8. The quantitative estimate of drug-likeness (QED) is 0.408. The van der Waals surface area contributed by atoms with Gasteiger partial charge in [0, 0.05) is 27.5 Å². The predicted octanol–water partition coefficient (Wildman–Crippen LogP) is 5.03. The minimum atomic E-state index is 0.689. The Morgan fingerprint density at radius 3 is 2.09 bits per heavy atom. The standard InChI is InChI=1S/C20H13N2O/c21-14-8-5-13-7-10-18-20(16(13)11-14)19-15-4-2-1-3-12(15)6-9-17(19)22(18)23/h1-11H,21H2/q-1. The molecule has 1 aromatic heterocycles. The monoisotopic (exact) mass is 297 g/mol. The van der Waals surface area contributed by atoms with Gasteiger partial charge in [0.1, 0.15) is 0 Å². The molecule has 0 aliphatic heterocycles. The van der Waals surface area contributed by atoms with Crippen molar-refractivity contribution >= 4 is 49.0 Å². The minimum absolute atomic E-state index is 0.689. The van der Waals surface area contributed by atoms with E-state index in [-0.39, 0.29) is 0 Å². The van der Waals surface area contributed by atoms with Crippen LogP contribution in [-0.2, 0) is 0 Å². The van der Waals surface area contributed by atoms with Gasteiger partial charge in [0.2, 0.25) is 0 Å². The highest BCUT2D eigenvalue weighted by atomic mass is 16.5. The smallest absolute Gasteiger partial charge is 0.0450 e. The predicted molar refractivity (Wildman–Crippen MR) is 97.6 cm³/mol. The van der Waals surface area contributed by atoms with Crippen LogP contribution in [0.1, 0.15) is 0 Å². The summed E-state index contributed by atoms with van der Waals surface area (Å²) in [5.74, 6) is 0. The van der Waals surface area contributed by atoms with Crippen LogP contribution in [-0.4, -0.2) is 4.73 Å². The number of rotatable bonds is 0. The molecule has 0 spiro atoms. The second kappa shape index (κ2) is 4.17. The van der Waals surface area contributed by atoms with Gasteiger partial charge in [-0.2, -0.15) is 0 Å². The third kappa shape index (κ3) is 1.53. The number of nitrogens with zero attached hydrogens (tertiary/aromatic N) is 1. The SMILES string of the molecule is Nc1ccc2ccc3c(c2c1)c1c2ccccc2ccc1n3[O-]. The fourth-order valence-electron chi connectivity index (χ4n) is 3.58. The van der Waals surface area contributed by atoms with Crippen LogP contribution < -0.4 is 5.73 Å². The van der Waals surface area contributed by atoms with Crippen LogP contribution in [0.3, 0.4) is 0 Å². The van der Waals surface area contributed by atoms with E-state index in [0.717, 1.165) is 37.0 Å². The van der Waals surface area contributed by atoms with Crippen LogP contribution in [0.25, 0.3) is 43.4 Å². The van der Waals surface area contributed by atoms with Crippen molar-refractivity contribution in [3.05, 3.63) is 71.9 Å². The lowest BCUT2D eigenvalue weighted by molar-refractivity contribution is 1.22. The lowest BCUT2D eigenvalue weighted by atomic mass is 9.99. The summed E-state index contributed by atoms with van der Waals surface area (Å²) in [6.07, 6.45) is 0. The highest BCUT2D eigenvalue weighted by Gasteiger charge is 2.12. The van der Waals surface area contributed by atoms with Crippen molar-refractivity contribution in [2.75, 3.05) is 5.73 Å². The molecule has 0 bridgehead atoms. The van der Waals surface area contributed by atoms with Gasteiger partial charge in [-0.3, -0.25) is 0 Å². The van der Waals surface area contributed by atoms with Crippen LogP contribution in [0.4, 0.5) is 5.69 Å². The Labute approximate surface area is 132 Å². The molecule has 0 saturated heterocycles. The van der Waals surface area contributed by atoms with Crippen molar-refractivity contribution in [1.82, 2.24) is 4.73 Å². The van der Waals surface area contributed by atoms with Gasteiger partial charge in [0.25, 0.3) is 0 Å². The number of benzene rings is 4. The first-order valence-corrected chi connectivity index (χ1v) is 7.56. The highest BCUT2D eigenvalue weighted by Crippen LogP contribution is 2.38. The maximum absolute atomic E-state index is 12.7. The molecule has 23 heavy (non-hydrogen) atoms. The topological polar surface area (TPSA) is 54.0 Å². The van der Waals surface area contributed by atoms with Gasteiger partial charge in [0.15, 0.2) is 0 Å². The van der Waals surface area contributed by atoms with Gasteiger partial charge >= 0.3 is 0 Å². The molecule has 4 aromatic carbocycles. The fraction of sp³-hybridized carbons (Fsp3) is 0. The zero-order valence-electron chi connectivity index (χ0n) is 12.3. The summed E-state index contributed by atoms with van der Waals surface area (Å²) in [5, 5.41) is 19.1. The van der Waals surface area contributed by atoms with Crippen LogP contribution in [0.5, 0.6) is 0 Å². The van der Waals surface area contributed by atoms with Gasteiger partial charge in [-0.25, -0.2) is 0 Å². The molecule has 110 valence electrons. The fourth-order valence-corrected chi connectivity index (χ4v) is 3.58. The van der Waals surface area contributed by atoms with E-state index in [2.05, 4.69) is 12.1 Å². The molecule has 0 amide bonds. The van der Waals surface area contributed by atoms with Crippen molar-refractivity contribution in [3.8, 4) is 0 Å². The minimum Gasteiger partial charge on any atom is -0.805 e. The lowest BCUT2D eigenvalue weighted by Gasteiger charge is -2.10. The number of hydrogen-bond donors (Lipinski definition) is 1. The largest absolute Gasteiger partial charge is 0.805 e. The maximum atomic E-state index is 12.7. The summed E-state index contributed by atoms with van der Waals surface area (Å²) in [7, 11) is 0. The number of aromatic nitrogens is 1. The molecule has 0 radical (unpaired) electrons.